The lowest BCUT2D eigenvalue weighted by molar-refractivity contribution is -0.116. The number of benzene rings is 1. The zero-order chi connectivity index (χ0) is 18.3. The van der Waals surface area contributed by atoms with Crippen LogP contribution in [0.15, 0.2) is 34.4 Å². The Labute approximate surface area is 152 Å². The third kappa shape index (κ3) is 2.86. The summed E-state index contributed by atoms with van der Waals surface area (Å²) in [5.41, 5.74) is 1.87. The molecule has 1 amide bonds. The third-order valence-corrected chi connectivity index (χ3v) is 4.93. The molecule has 9 heteroatoms. The first-order valence-corrected chi connectivity index (χ1v) is 8.98. The van der Waals surface area contributed by atoms with E-state index < -0.39 is 0 Å². The highest BCUT2D eigenvalue weighted by Gasteiger charge is 2.12. The van der Waals surface area contributed by atoms with E-state index in [2.05, 4.69) is 20.4 Å². The number of thiazole rings is 1. The molecule has 0 aliphatic rings. The maximum absolute atomic E-state index is 12.4. The summed E-state index contributed by atoms with van der Waals surface area (Å²) in [5.74, 6) is 1.25. The molecular weight excluding hydrogens is 352 g/mol. The van der Waals surface area contributed by atoms with Gasteiger partial charge in [0.2, 0.25) is 10.9 Å². The van der Waals surface area contributed by atoms with Crippen molar-refractivity contribution in [1.82, 2.24) is 24.1 Å². The van der Waals surface area contributed by atoms with E-state index >= 15 is 0 Å². The molecule has 0 aliphatic heterocycles. The van der Waals surface area contributed by atoms with Crippen LogP contribution in [0.5, 0.6) is 0 Å². The van der Waals surface area contributed by atoms with Crippen molar-refractivity contribution in [3.8, 4) is 0 Å². The SMILES string of the molecule is Cc1nn2c(NC(=O)CCn3c(C)nc4ccccc43)csc2nc1=O. The Kier molecular flexibility index (Phi) is 4.00. The molecule has 0 saturated carbocycles. The fourth-order valence-corrected chi connectivity index (χ4v) is 3.57. The van der Waals surface area contributed by atoms with Gasteiger partial charge >= 0.3 is 0 Å². The number of para-hydroxylation sites is 2. The first kappa shape index (κ1) is 16.4. The Bertz CT molecular complexity index is 1190. The summed E-state index contributed by atoms with van der Waals surface area (Å²) in [6.07, 6.45) is 0.297. The highest BCUT2D eigenvalue weighted by Crippen LogP contribution is 2.18. The summed E-state index contributed by atoms with van der Waals surface area (Å²) in [6, 6.07) is 7.85. The van der Waals surface area contributed by atoms with E-state index in [1.165, 1.54) is 15.9 Å². The van der Waals surface area contributed by atoms with Crippen molar-refractivity contribution in [3.05, 3.63) is 51.5 Å². The minimum atomic E-state index is -0.354. The van der Waals surface area contributed by atoms with Crippen LogP contribution in [0.2, 0.25) is 0 Å². The number of aromatic nitrogens is 5. The van der Waals surface area contributed by atoms with Crippen LogP contribution < -0.4 is 10.9 Å². The highest BCUT2D eigenvalue weighted by molar-refractivity contribution is 7.15. The molecule has 26 heavy (non-hydrogen) atoms. The van der Waals surface area contributed by atoms with E-state index in [0.29, 0.717) is 23.7 Å². The predicted molar refractivity (Wildman–Crippen MR) is 99.6 cm³/mol. The monoisotopic (exact) mass is 368 g/mol. The van der Waals surface area contributed by atoms with Gasteiger partial charge < -0.3 is 9.88 Å². The Morgan fingerprint density at radius 3 is 2.88 bits per heavy atom. The fourth-order valence-electron chi connectivity index (χ4n) is 2.82. The molecule has 132 valence electrons. The van der Waals surface area contributed by atoms with Crippen molar-refractivity contribution in [2.45, 2.75) is 26.8 Å². The van der Waals surface area contributed by atoms with Crippen LogP contribution in [0.1, 0.15) is 17.9 Å². The van der Waals surface area contributed by atoms with E-state index in [4.69, 9.17) is 0 Å². The average Bonchev–Trinajstić information content (AvgIpc) is 3.14. The van der Waals surface area contributed by atoms with Gasteiger partial charge in [-0.05, 0) is 26.0 Å². The molecule has 4 aromatic rings. The number of nitrogens with one attached hydrogen (secondary N) is 1. The molecule has 0 aliphatic carbocycles. The van der Waals surface area contributed by atoms with E-state index in [9.17, 15) is 9.59 Å². The lowest BCUT2D eigenvalue weighted by atomic mass is 10.3. The molecule has 0 radical (unpaired) electrons. The molecule has 0 bridgehead atoms. The molecule has 0 fully saturated rings. The summed E-state index contributed by atoms with van der Waals surface area (Å²) in [7, 11) is 0. The number of fused-ring (bicyclic) bond motifs is 2. The summed E-state index contributed by atoms with van der Waals surface area (Å²) >= 11 is 1.26. The number of carbonyl (C=O) groups excluding carboxylic acids is 1. The number of carbonyl (C=O) groups is 1. The number of rotatable bonds is 4. The van der Waals surface area contributed by atoms with Crippen molar-refractivity contribution in [3.63, 3.8) is 0 Å². The van der Waals surface area contributed by atoms with Crippen molar-refractivity contribution in [2.75, 3.05) is 5.32 Å². The molecule has 3 heterocycles. The van der Waals surface area contributed by atoms with Gasteiger partial charge in [0.1, 0.15) is 17.3 Å². The quantitative estimate of drug-likeness (QED) is 0.596. The molecule has 0 atom stereocenters. The second-order valence-corrected chi connectivity index (χ2v) is 6.75. The lowest BCUT2D eigenvalue weighted by Gasteiger charge is -2.08. The first-order valence-electron chi connectivity index (χ1n) is 8.10. The zero-order valence-corrected chi connectivity index (χ0v) is 15.1. The largest absolute Gasteiger partial charge is 0.328 e. The number of nitrogens with zero attached hydrogens (tertiary/aromatic N) is 5. The van der Waals surface area contributed by atoms with Crippen LogP contribution in [0.4, 0.5) is 5.82 Å². The molecule has 0 unspecified atom stereocenters. The van der Waals surface area contributed by atoms with Crippen molar-refractivity contribution < 1.29 is 4.79 Å². The zero-order valence-electron chi connectivity index (χ0n) is 14.3. The third-order valence-electron chi connectivity index (χ3n) is 4.12. The summed E-state index contributed by atoms with van der Waals surface area (Å²) in [4.78, 5) is 32.8. The highest BCUT2D eigenvalue weighted by atomic mass is 32.1. The number of amides is 1. The van der Waals surface area contributed by atoms with Gasteiger partial charge in [0.15, 0.2) is 0 Å². The molecular formula is C17H16N6O2S. The molecule has 0 spiro atoms. The van der Waals surface area contributed by atoms with E-state index in [-0.39, 0.29) is 17.2 Å². The van der Waals surface area contributed by atoms with Gasteiger partial charge in [0, 0.05) is 18.3 Å². The topological polar surface area (TPSA) is 94.2 Å². The summed E-state index contributed by atoms with van der Waals surface area (Å²) in [5, 5.41) is 8.74. The second kappa shape index (κ2) is 6.34. The molecule has 3 aromatic heterocycles. The Morgan fingerprint density at radius 1 is 1.23 bits per heavy atom. The van der Waals surface area contributed by atoms with Gasteiger partial charge in [-0.2, -0.15) is 14.6 Å². The van der Waals surface area contributed by atoms with Gasteiger partial charge in [-0.25, -0.2) is 4.98 Å². The number of anilines is 1. The smallest absolute Gasteiger partial charge is 0.295 e. The van der Waals surface area contributed by atoms with E-state index in [1.807, 2.05) is 35.8 Å². The maximum Gasteiger partial charge on any atom is 0.295 e. The van der Waals surface area contributed by atoms with Gasteiger partial charge in [-0.3, -0.25) is 9.59 Å². The van der Waals surface area contributed by atoms with Crippen LogP contribution in [-0.2, 0) is 11.3 Å². The second-order valence-electron chi connectivity index (χ2n) is 5.92. The van der Waals surface area contributed by atoms with E-state index in [1.54, 1.807) is 12.3 Å². The normalized spacial score (nSPS) is 11.3. The summed E-state index contributed by atoms with van der Waals surface area (Å²) < 4.78 is 3.51. The predicted octanol–water partition coefficient (Wildman–Crippen LogP) is 2.15. The Hall–Kier alpha value is -3.07. The fraction of sp³-hybridized carbons (Fsp3) is 0.235. The van der Waals surface area contributed by atoms with Crippen molar-refractivity contribution in [1.29, 1.82) is 0 Å². The van der Waals surface area contributed by atoms with Gasteiger partial charge in [-0.15, -0.1) is 11.3 Å². The molecule has 8 nitrogen and oxygen atoms in total. The standard InChI is InChI=1S/C17H16N6O2S/c1-10-16(25)20-17-23(21-10)14(9-26-17)19-15(24)7-8-22-11(2)18-12-5-3-4-6-13(12)22/h3-6,9H,7-8H2,1-2H3,(H,19,24). The number of hydrogen-bond acceptors (Lipinski definition) is 6. The number of aryl methyl sites for hydroxylation is 3. The minimum Gasteiger partial charge on any atom is -0.328 e. The van der Waals surface area contributed by atoms with E-state index in [0.717, 1.165) is 16.9 Å². The summed E-state index contributed by atoms with van der Waals surface area (Å²) in [6.45, 7) is 4.05. The van der Waals surface area contributed by atoms with Crippen LogP contribution >= 0.6 is 11.3 Å². The number of hydrogen-bond donors (Lipinski definition) is 1. The minimum absolute atomic E-state index is 0.139. The number of imidazole rings is 1. The molecule has 4 rings (SSSR count). The van der Waals surface area contributed by atoms with Gasteiger partial charge in [0.25, 0.3) is 5.56 Å². The molecule has 0 saturated heterocycles. The van der Waals surface area contributed by atoms with Crippen molar-refractivity contribution in [2.24, 2.45) is 0 Å². The van der Waals surface area contributed by atoms with Crippen LogP contribution in [-0.4, -0.2) is 30.1 Å². The van der Waals surface area contributed by atoms with Crippen molar-refractivity contribution >= 4 is 39.1 Å². The Morgan fingerprint density at radius 2 is 2.04 bits per heavy atom. The van der Waals surface area contributed by atoms with Crippen LogP contribution in [0, 0.1) is 13.8 Å². The molecule has 1 N–H and O–H groups in total. The molecule has 1 aromatic carbocycles. The Balaban J connectivity index is 1.52. The maximum atomic E-state index is 12.4. The average molecular weight is 368 g/mol. The first-order chi connectivity index (χ1) is 12.5. The van der Waals surface area contributed by atoms with Crippen LogP contribution in [0.25, 0.3) is 16.0 Å². The van der Waals surface area contributed by atoms with Crippen LogP contribution in [0.3, 0.4) is 0 Å². The van der Waals surface area contributed by atoms with Gasteiger partial charge in [-0.1, -0.05) is 12.1 Å². The lowest BCUT2D eigenvalue weighted by Crippen LogP contribution is -2.19. The van der Waals surface area contributed by atoms with Gasteiger partial charge in [0.05, 0.1) is 11.0 Å².